The molecule has 0 bridgehead atoms. The summed E-state index contributed by atoms with van der Waals surface area (Å²) in [5, 5.41) is -0.227. The summed E-state index contributed by atoms with van der Waals surface area (Å²) in [4.78, 5) is 27.3. The van der Waals surface area contributed by atoms with Gasteiger partial charge in [-0.25, -0.2) is 0 Å². The zero-order valence-corrected chi connectivity index (χ0v) is 10.9. The summed E-state index contributed by atoms with van der Waals surface area (Å²) < 4.78 is 0. The molecule has 0 saturated carbocycles. The highest BCUT2D eigenvalue weighted by atomic mass is 32.2. The highest BCUT2D eigenvalue weighted by Gasteiger charge is 2.34. The van der Waals surface area contributed by atoms with Crippen LogP contribution >= 0.6 is 23.1 Å². The molecule has 0 spiro atoms. The molecule has 5 heteroatoms. The first-order valence-corrected chi connectivity index (χ1v) is 6.68. The van der Waals surface area contributed by atoms with Crippen LogP contribution in [0.2, 0.25) is 0 Å². The third-order valence-corrected chi connectivity index (χ3v) is 4.07. The molecule has 0 unspecified atom stereocenters. The fraction of sp³-hybridized carbons (Fsp3) is 0.167. The van der Waals surface area contributed by atoms with Crippen molar-refractivity contribution >= 4 is 40.3 Å². The molecule has 0 aliphatic carbocycles. The van der Waals surface area contributed by atoms with Crippen molar-refractivity contribution < 1.29 is 9.59 Å². The van der Waals surface area contributed by atoms with Gasteiger partial charge in [-0.1, -0.05) is 6.08 Å². The normalized spacial score (nSPS) is 18.2. The van der Waals surface area contributed by atoms with Gasteiger partial charge in [-0.05, 0) is 36.9 Å². The van der Waals surface area contributed by atoms with Crippen molar-refractivity contribution in [1.29, 1.82) is 0 Å². The van der Waals surface area contributed by atoms with Gasteiger partial charge in [0, 0.05) is 16.3 Å². The molecular weight excluding hydrogens is 254 g/mol. The van der Waals surface area contributed by atoms with Crippen molar-refractivity contribution in [3.8, 4) is 0 Å². The van der Waals surface area contributed by atoms with Crippen molar-refractivity contribution in [3.63, 3.8) is 0 Å². The van der Waals surface area contributed by atoms with Crippen molar-refractivity contribution in [2.45, 2.75) is 6.92 Å². The van der Waals surface area contributed by atoms with Gasteiger partial charge in [-0.15, -0.1) is 17.9 Å². The predicted octanol–water partition coefficient (Wildman–Crippen LogP) is 3.28. The number of aryl methyl sites for hydroxylation is 1. The summed E-state index contributed by atoms with van der Waals surface area (Å²) in [7, 11) is 0. The van der Waals surface area contributed by atoms with Crippen LogP contribution in [-0.4, -0.2) is 22.6 Å². The number of thiophene rings is 1. The number of hydrogen-bond acceptors (Lipinski definition) is 4. The number of carbonyl (C=O) groups is 2. The van der Waals surface area contributed by atoms with Gasteiger partial charge in [0.1, 0.15) is 0 Å². The minimum atomic E-state index is -0.231. The molecule has 88 valence electrons. The molecule has 1 aliphatic rings. The van der Waals surface area contributed by atoms with Crippen LogP contribution in [0.5, 0.6) is 0 Å². The van der Waals surface area contributed by atoms with E-state index in [-0.39, 0.29) is 17.7 Å². The van der Waals surface area contributed by atoms with Crippen molar-refractivity contribution in [1.82, 2.24) is 4.90 Å². The molecule has 1 fully saturated rings. The van der Waals surface area contributed by atoms with Crippen LogP contribution in [0.3, 0.4) is 0 Å². The maximum absolute atomic E-state index is 11.9. The van der Waals surface area contributed by atoms with E-state index in [0.29, 0.717) is 4.91 Å². The Kier molecular flexibility index (Phi) is 3.49. The summed E-state index contributed by atoms with van der Waals surface area (Å²) in [6.07, 6.45) is 3.32. The Balaban J connectivity index is 2.24. The highest BCUT2D eigenvalue weighted by molar-refractivity contribution is 8.18. The molecule has 1 aromatic rings. The lowest BCUT2D eigenvalue weighted by Crippen LogP contribution is -2.27. The number of hydrogen-bond donors (Lipinski definition) is 0. The average molecular weight is 265 g/mol. The molecule has 0 atom stereocenters. The lowest BCUT2D eigenvalue weighted by Gasteiger charge is -2.07. The SMILES string of the molecule is C=CCN1C(=O)S/C(=C/c2ccc(C)s2)C1=O. The number of amides is 2. The molecule has 1 aliphatic heterocycles. The zero-order chi connectivity index (χ0) is 12.4. The Morgan fingerprint density at radius 2 is 2.18 bits per heavy atom. The van der Waals surface area contributed by atoms with E-state index in [0.717, 1.165) is 16.6 Å². The van der Waals surface area contributed by atoms with Crippen LogP contribution in [0.1, 0.15) is 9.75 Å². The van der Waals surface area contributed by atoms with Gasteiger partial charge in [0.25, 0.3) is 11.1 Å². The van der Waals surface area contributed by atoms with E-state index in [1.54, 1.807) is 23.5 Å². The van der Waals surface area contributed by atoms with Gasteiger partial charge >= 0.3 is 0 Å². The van der Waals surface area contributed by atoms with Crippen LogP contribution in [0, 0.1) is 6.92 Å². The van der Waals surface area contributed by atoms with Crippen LogP contribution in [0.25, 0.3) is 6.08 Å². The predicted molar refractivity (Wildman–Crippen MR) is 71.9 cm³/mol. The van der Waals surface area contributed by atoms with Crippen LogP contribution in [-0.2, 0) is 4.79 Å². The molecule has 17 heavy (non-hydrogen) atoms. The van der Waals surface area contributed by atoms with E-state index >= 15 is 0 Å². The summed E-state index contributed by atoms with van der Waals surface area (Å²) in [5.74, 6) is -0.231. The first kappa shape index (κ1) is 12.1. The maximum atomic E-state index is 11.9. The van der Waals surface area contributed by atoms with Crippen LogP contribution < -0.4 is 0 Å². The number of nitrogens with zero attached hydrogens (tertiary/aromatic N) is 1. The molecule has 0 radical (unpaired) electrons. The minimum absolute atomic E-state index is 0.227. The summed E-state index contributed by atoms with van der Waals surface area (Å²) in [6, 6.07) is 3.94. The van der Waals surface area contributed by atoms with E-state index in [1.165, 1.54) is 9.78 Å². The molecule has 0 aromatic carbocycles. The number of carbonyl (C=O) groups excluding carboxylic acids is 2. The molecule has 3 nitrogen and oxygen atoms in total. The van der Waals surface area contributed by atoms with Gasteiger partial charge in [0.2, 0.25) is 0 Å². The van der Waals surface area contributed by atoms with Gasteiger partial charge in [0.05, 0.1) is 4.91 Å². The lowest BCUT2D eigenvalue weighted by molar-refractivity contribution is -0.122. The summed E-state index contributed by atoms with van der Waals surface area (Å²) in [6.45, 7) is 5.81. The third-order valence-electron chi connectivity index (χ3n) is 2.22. The van der Waals surface area contributed by atoms with Gasteiger partial charge < -0.3 is 0 Å². The monoisotopic (exact) mass is 265 g/mol. The van der Waals surface area contributed by atoms with Gasteiger partial charge in [-0.2, -0.15) is 0 Å². The lowest BCUT2D eigenvalue weighted by atomic mass is 10.3. The quantitative estimate of drug-likeness (QED) is 0.621. The van der Waals surface area contributed by atoms with E-state index in [4.69, 9.17) is 0 Å². The van der Waals surface area contributed by atoms with E-state index in [9.17, 15) is 9.59 Å². The van der Waals surface area contributed by atoms with Crippen molar-refractivity contribution in [2.75, 3.05) is 6.54 Å². The second-order valence-corrected chi connectivity index (χ2v) is 5.84. The third kappa shape index (κ3) is 2.50. The van der Waals surface area contributed by atoms with Crippen molar-refractivity contribution in [2.24, 2.45) is 0 Å². The van der Waals surface area contributed by atoms with Crippen LogP contribution in [0.4, 0.5) is 4.79 Å². The molecule has 1 aromatic heterocycles. The molecule has 2 rings (SSSR count). The van der Waals surface area contributed by atoms with E-state index in [2.05, 4.69) is 6.58 Å². The Morgan fingerprint density at radius 3 is 2.76 bits per heavy atom. The molecule has 0 N–H and O–H groups in total. The average Bonchev–Trinajstić information content (AvgIpc) is 2.79. The Morgan fingerprint density at radius 1 is 1.41 bits per heavy atom. The Bertz CT molecular complexity index is 516. The number of rotatable bonds is 3. The van der Waals surface area contributed by atoms with Gasteiger partial charge in [-0.3, -0.25) is 14.5 Å². The highest BCUT2D eigenvalue weighted by Crippen LogP contribution is 2.33. The molecular formula is C12H11NO2S2. The fourth-order valence-electron chi connectivity index (χ4n) is 1.45. The van der Waals surface area contributed by atoms with E-state index < -0.39 is 0 Å². The largest absolute Gasteiger partial charge is 0.293 e. The van der Waals surface area contributed by atoms with Crippen molar-refractivity contribution in [3.05, 3.63) is 39.4 Å². The zero-order valence-electron chi connectivity index (χ0n) is 9.30. The standard InChI is InChI=1S/C12H11NO2S2/c1-3-6-13-11(14)10(17-12(13)15)7-9-5-4-8(2)16-9/h3-5,7H,1,6H2,2H3/b10-7+. The Hall–Kier alpha value is -1.33. The summed E-state index contributed by atoms with van der Waals surface area (Å²) >= 11 is 2.58. The minimum Gasteiger partial charge on any atom is -0.268 e. The smallest absolute Gasteiger partial charge is 0.268 e. The topological polar surface area (TPSA) is 37.4 Å². The first-order chi connectivity index (χ1) is 8.11. The van der Waals surface area contributed by atoms with Crippen LogP contribution in [0.15, 0.2) is 29.7 Å². The molecule has 2 heterocycles. The number of thioether (sulfide) groups is 1. The fourth-order valence-corrected chi connectivity index (χ4v) is 3.18. The Labute approximate surface area is 108 Å². The second kappa shape index (κ2) is 4.89. The molecule has 2 amide bonds. The summed E-state index contributed by atoms with van der Waals surface area (Å²) in [5.41, 5.74) is 0. The maximum Gasteiger partial charge on any atom is 0.293 e. The number of imide groups is 1. The van der Waals surface area contributed by atoms with Gasteiger partial charge in [0.15, 0.2) is 0 Å². The second-order valence-electron chi connectivity index (χ2n) is 3.53. The molecule has 1 saturated heterocycles. The van der Waals surface area contributed by atoms with E-state index in [1.807, 2.05) is 19.1 Å². The first-order valence-electron chi connectivity index (χ1n) is 5.04.